The fraction of sp³-hybridized carbons (Fsp3) is 0.667. The Hall–Kier alpha value is -1.82. The maximum Gasteiger partial charge on any atom is 0.317 e. The molecule has 1 aromatic heterocycles. The van der Waals surface area contributed by atoms with Crippen molar-refractivity contribution in [1.29, 1.82) is 0 Å². The Morgan fingerprint density at radius 2 is 2.21 bits per heavy atom. The van der Waals surface area contributed by atoms with Gasteiger partial charge in [-0.3, -0.25) is 5.10 Å². The second-order valence-electron chi connectivity index (χ2n) is 6.65. The molecule has 0 aliphatic carbocycles. The Balaban J connectivity index is 1.98. The van der Waals surface area contributed by atoms with Gasteiger partial charge in [0.1, 0.15) is 0 Å². The molecule has 134 valence electrons. The van der Waals surface area contributed by atoms with Crippen LogP contribution in [0, 0.1) is 13.8 Å². The Morgan fingerprint density at radius 3 is 2.88 bits per heavy atom. The maximum atomic E-state index is 12.7. The van der Waals surface area contributed by atoms with E-state index in [0.717, 1.165) is 49.2 Å². The molecule has 6 nitrogen and oxygen atoms in total. The highest BCUT2D eigenvalue weighted by atomic mass is 16.5. The van der Waals surface area contributed by atoms with Crippen molar-refractivity contribution >= 4 is 6.03 Å². The number of ether oxygens (including phenoxy) is 1. The number of nitrogens with zero attached hydrogens (tertiary/aromatic N) is 2. The molecule has 0 radical (unpaired) electrons. The van der Waals surface area contributed by atoms with E-state index >= 15 is 0 Å². The summed E-state index contributed by atoms with van der Waals surface area (Å²) in [6, 6.07) is 0.0865. The Bertz CT molecular complexity index is 548. The number of hydrogen-bond donors (Lipinski definition) is 2. The molecule has 2 heterocycles. The molecule has 1 unspecified atom stereocenters. The lowest BCUT2D eigenvalue weighted by Gasteiger charge is -2.30. The lowest BCUT2D eigenvalue weighted by molar-refractivity contribution is 0.147. The summed E-state index contributed by atoms with van der Waals surface area (Å²) in [6.07, 6.45) is 4.34. The molecule has 1 saturated heterocycles. The maximum absolute atomic E-state index is 12.7. The van der Waals surface area contributed by atoms with Crippen molar-refractivity contribution < 1.29 is 9.53 Å². The van der Waals surface area contributed by atoms with Gasteiger partial charge in [0.05, 0.1) is 24.9 Å². The molecule has 1 fully saturated rings. The molecule has 1 aliphatic heterocycles. The number of aryl methyl sites for hydroxylation is 2. The molecule has 1 atom stereocenters. The number of aromatic amines is 1. The smallest absolute Gasteiger partial charge is 0.317 e. The fourth-order valence-electron chi connectivity index (χ4n) is 3.28. The summed E-state index contributed by atoms with van der Waals surface area (Å²) in [5, 5.41) is 10.3. The van der Waals surface area contributed by atoms with Gasteiger partial charge in [-0.15, -0.1) is 0 Å². The molecule has 1 aliphatic rings. The first-order valence-corrected chi connectivity index (χ1v) is 8.78. The van der Waals surface area contributed by atoms with Crippen LogP contribution in [0.5, 0.6) is 0 Å². The molecular weight excluding hydrogens is 304 g/mol. The zero-order valence-electron chi connectivity index (χ0n) is 15.2. The number of amides is 2. The van der Waals surface area contributed by atoms with Crippen molar-refractivity contribution in [2.45, 2.75) is 52.5 Å². The highest BCUT2D eigenvalue weighted by molar-refractivity contribution is 5.75. The van der Waals surface area contributed by atoms with Crippen LogP contribution in [-0.2, 0) is 4.74 Å². The first-order valence-electron chi connectivity index (χ1n) is 8.78. The topological polar surface area (TPSA) is 70.2 Å². The summed E-state index contributed by atoms with van der Waals surface area (Å²) >= 11 is 0. The highest BCUT2D eigenvalue weighted by Crippen LogP contribution is 2.33. The fourth-order valence-corrected chi connectivity index (χ4v) is 3.28. The van der Waals surface area contributed by atoms with Crippen molar-refractivity contribution in [2.75, 3.05) is 26.3 Å². The van der Waals surface area contributed by atoms with E-state index in [9.17, 15) is 4.79 Å². The molecule has 0 aromatic carbocycles. The molecule has 0 saturated carbocycles. The van der Waals surface area contributed by atoms with Gasteiger partial charge in [-0.25, -0.2) is 4.79 Å². The summed E-state index contributed by atoms with van der Waals surface area (Å²) in [7, 11) is 0. The van der Waals surface area contributed by atoms with Crippen LogP contribution in [0.25, 0.3) is 0 Å². The van der Waals surface area contributed by atoms with Crippen LogP contribution in [0.3, 0.4) is 0 Å². The van der Waals surface area contributed by atoms with E-state index in [4.69, 9.17) is 4.74 Å². The molecule has 6 heteroatoms. The Labute approximate surface area is 144 Å². The van der Waals surface area contributed by atoms with E-state index in [1.807, 2.05) is 25.7 Å². The predicted molar refractivity (Wildman–Crippen MR) is 95.0 cm³/mol. The lowest BCUT2D eigenvalue weighted by Crippen LogP contribution is -2.43. The Morgan fingerprint density at radius 1 is 1.42 bits per heavy atom. The summed E-state index contributed by atoms with van der Waals surface area (Å²) < 4.78 is 5.45. The summed E-state index contributed by atoms with van der Waals surface area (Å²) in [6.45, 7) is 12.1. The van der Waals surface area contributed by atoms with E-state index in [1.165, 1.54) is 5.56 Å². The van der Waals surface area contributed by atoms with Crippen LogP contribution in [0.15, 0.2) is 12.2 Å². The first-order chi connectivity index (χ1) is 11.5. The number of H-pyrrole nitrogens is 1. The summed E-state index contributed by atoms with van der Waals surface area (Å²) in [5.41, 5.74) is 4.20. The number of urea groups is 1. The molecule has 24 heavy (non-hydrogen) atoms. The standard InChI is InChI=1S/C18H30N4O2/c1-13(2)12-24-11-9-19-18(23)22-10-7-5-6-8-16(22)17-14(3)20-21-15(17)4/h16H,1,5-12H2,2-4H3,(H,19,23)(H,20,21). The monoisotopic (exact) mass is 334 g/mol. The SMILES string of the molecule is C=C(C)COCCNC(=O)N1CCCCCC1c1c(C)n[nH]c1C. The van der Waals surface area contributed by atoms with Gasteiger partial charge >= 0.3 is 6.03 Å². The van der Waals surface area contributed by atoms with E-state index in [1.54, 1.807) is 0 Å². The third-order valence-electron chi connectivity index (χ3n) is 4.40. The third kappa shape index (κ3) is 4.84. The number of likely N-dealkylation sites (tertiary alicyclic amines) is 1. The van der Waals surface area contributed by atoms with Crippen molar-refractivity contribution in [3.8, 4) is 0 Å². The van der Waals surface area contributed by atoms with Gasteiger partial charge in [-0.05, 0) is 33.6 Å². The third-order valence-corrected chi connectivity index (χ3v) is 4.40. The van der Waals surface area contributed by atoms with Gasteiger partial charge in [-0.1, -0.05) is 25.0 Å². The quantitative estimate of drug-likeness (QED) is 0.620. The molecule has 0 spiro atoms. The van der Waals surface area contributed by atoms with Gasteiger partial charge in [0.15, 0.2) is 0 Å². The summed E-state index contributed by atoms with van der Waals surface area (Å²) in [4.78, 5) is 14.7. The van der Waals surface area contributed by atoms with Crippen molar-refractivity contribution in [3.05, 3.63) is 29.1 Å². The van der Waals surface area contributed by atoms with Crippen LogP contribution >= 0.6 is 0 Å². The zero-order chi connectivity index (χ0) is 17.5. The average molecular weight is 334 g/mol. The zero-order valence-corrected chi connectivity index (χ0v) is 15.2. The van der Waals surface area contributed by atoms with Crippen molar-refractivity contribution in [1.82, 2.24) is 20.4 Å². The molecule has 0 bridgehead atoms. The number of hydrogen-bond acceptors (Lipinski definition) is 3. The van der Waals surface area contributed by atoms with Crippen LogP contribution in [0.4, 0.5) is 4.79 Å². The van der Waals surface area contributed by atoms with E-state index in [-0.39, 0.29) is 12.1 Å². The molecule has 1 aromatic rings. The minimum absolute atomic E-state index is 0.0131. The number of carbonyl (C=O) groups is 1. The average Bonchev–Trinajstić information content (AvgIpc) is 2.75. The van der Waals surface area contributed by atoms with Gasteiger partial charge in [0.25, 0.3) is 0 Å². The number of rotatable bonds is 6. The summed E-state index contributed by atoms with van der Waals surface area (Å²) in [5.74, 6) is 0. The number of nitrogens with one attached hydrogen (secondary N) is 2. The largest absolute Gasteiger partial charge is 0.375 e. The second kappa shape index (κ2) is 8.87. The highest BCUT2D eigenvalue weighted by Gasteiger charge is 2.29. The molecular formula is C18H30N4O2. The van der Waals surface area contributed by atoms with Crippen molar-refractivity contribution in [3.63, 3.8) is 0 Å². The van der Waals surface area contributed by atoms with Gasteiger partial charge in [0.2, 0.25) is 0 Å². The van der Waals surface area contributed by atoms with Gasteiger partial charge in [0, 0.05) is 24.3 Å². The van der Waals surface area contributed by atoms with E-state index in [2.05, 4.69) is 22.1 Å². The van der Waals surface area contributed by atoms with Crippen LogP contribution in [-0.4, -0.2) is 47.4 Å². The van der Waals surface area contributed by atoms with Crippen LogP contribution in [0.1, 0.15) is 55.6 Å². The van der Waals surface area contributed by atoms with Crippen LogP contribution < -0.4 is 5.32 Å². The molecule has 2 amide bonds. The van der Waals surface area contributed by atoms with Crippen LogP contribution in [0.2, 0.25) is 0 Å². The lowest BCUT2D eigenvalue weighted by atomic mass is 9.99. The predicted octanol–water partition coefficient (Wildman–Crippen LogP) is 3.25. The number of aromatic nitrogens is 2. The van der Waals surface area contributed by atoms with Crippen molar-refractivity contribution in [2.24, 2.45) is 0 Å². The second-order valence-corrected chi connectivity index (χ2v) is 6.65. The number of carbonyl (C=O) groups excluding carboxylic acids is 1. The van der Waals surface area contributed by atoms with E-state index in [0.29, 0.717) is 19.8 Å². The molecule has 2 rings (SSSR count). The Kier molecular flexibility index (Phi) is 6.85. The minimum atomic E-state index is -0.0131. The molecule has 2 N–H and O–H groups in total. The van der Waals surface area contributed by atoms with Gasteiger partial charge < -0.3 is 15.0 Å². The minimum Gasteiger partial charge on any atom is -0.375 e. The first kappa shape index (κ1) is 18.5. The van der Waals surface area contributed by atoms with E-state index < -0.39 is 0 Å². The normalized spacial score (nSPS) is 18.3. The van der Waals surface area contributed by atoms with Gasteiger partial charge in [-0.2, -0.15) is 5.10 Å².